The van der Waals surface area contributed by atoms with Gasteiger partial charge in [0.1, 0.15) is 0 Å². The molecule has 0 bridgehead atoms. The number of hydrogen-bond acceptors (Lipinski definition) is 4. The van der Waals surface area contributed by atoms with E-state index >= 15 is 0 Å². The Hall–Kier alpha value is -2.08. The molecule has 0 aliphatic carbocycles. The van der Waals surface area contributed by atoms with Gasteiger partial charge in [0.25, 0.3) is 0 Å². The van der Waals surface area contributed by atoms with Crippen LogP contribution in [0.25, 0.3) is 0 Å². The zero-order chi connectivity index (χ0) is 16.5. The zero-order valence-electron chi connectivity index (χ0n) is 13.4. The first-order chi connectivity index (χ1) is 11.2. The van der Waals surface area contributed by atoms with E-state index < -0.39 is 12.1 Å². The second-order valence-corrected chi connectivity index (χ2v) is 5.47. The van der Waals surface area contributed by atoms with Gasteiger partial charge in [-0.25, -0.2) is 4.79 Å². The number of ether oxygens (including phenoxy) is 2. The summed E-state index contributed by atoms with van der Waals surface area (Å²) in [5, 5.41) is 5.61. The predicted molar refractivity (Wildman–Crippen MR) is 85.9 cm³/mol. The molecule has 6 heteroatoms. The van der Waals surface area contributed by atoms with Crippen molar-refractivity contribution in [3.05, 3.63) is 35.9 Å². The van der Waals surface area contributed by atoms with Crippen molar-refractivity contribution < 1.29 is 19.1 Å². The van der Waals surface area contributed by atoms with Crippen LogP contribution in [-0.2, 0) is 14.3 Å². The van der Waals surface area contributed by atoms with Crippen LogP contribution in [0.4, 0.5) is 4.79 Å². The number of hydrogen-bond donors (Lipinski definition) is 2. The molecule has 126 valence electrons. The molecule has 6 nitrogen and oxygen atoms in total. The van der Waals surface area contributed by atoms with Crippen molar-refractivity contribution in [1.82, 2.24) is 10.6 Å². The molecule has 2 N–H and O–H groups in total. The molecule has 0 spiro atoms. The summed E-state index contributed by atoms with van der Waals surface area (Å²) >= 11 is 0. The summed E-state index contributed by atoms with van der Waals surface area (Å²) in [6, 6.07) is 8.98. The van der Waals surface area contributed by atoms with Gasteiger partial charge in [-0.2, -0.15) is 0 Å². The Labute approximate surface area is 136 Å². The maximum Gasteiger partial charge on any atom is 0.407 e. The molecule has 0 saturated carbocycles. The number of carbonyl (C=O) groups is 2. The van der Waals surface area contributed by atoms with Crippen molar-refractivity contribution in [3.8, 4) is 0 Å². The molecule has 1 aromatic carbocycles. The van der Waals surface area contributed by atoms with E-state index in [2.05, 4.69) is 10.6 Å². The van der Waals surface area contributed by atoms with Crippen LogP contribution < -0.4 is 10.6 Å². The number of alkyl carbamates (subject to hydrolysis) is 1. The van der Waals surface area contributed by atoms with E-state index in [0.717, 1.165) is 25.0 Å². The molecule has 1 fully saturated rings. The molecule has 2 rings (SSSR count). The van der Waals surface area contributed by atoms with Crippen molar-refractivity contribution in [2.75, 3.05) is 19.8 Å². The largest absolute Gasteiger partial charge is 0.450 e. The van der Waals surface area contributed by atoms with Gasteiger partial charge in [-0.15, -0.1) is 0 Å². The Balaban J connectivity index is 1.90. The van der Waals surface area contributed by atoms with E-state index in [0.29, 0.717) is 13.2 Å². The number of nitrogens with one attached hydrogen (secondary N) is 2. The molecular formula is C17H24N2O4. The van der Waals surface area contributed by atoms with Crippen molar-refractivity contribution in [1.29, 1.82) is 0 Å². The first-order valence-electron chi connectivity index (χ1n) is 8.05. The third kappa shape index (κ3) is 5.90. The Morgan fingerprint density at radius 1 is 1.35 bits per heavy atom. The van der Waals surface area contributed by atoms with Crippen molar-refractivity contribution in [2.24, 2.45) is 0 Å². The van der Waals surface area contributed by atoms with E-state index in [-0.39, 0.29) is 18.4 Å². The van der Waals surface area contributed by atoms with Gasteiger partial charge in [0.15, 0.2) is 0 Å². The first kappa shape index (κ1) is 17.3. The third-order valence-electron chi connectivity index (χ3n) is 3.71. The summed E-state index contributed by atoms with van der Waals surface area (Å²) in [6.07, 6.45) is 1.76. The van der Waals surface area contributed by atoms with Gasteiger partial charge >= 0.3 is 6.09 Å². The summed E-state index contributed by atoms with van der Waals surface area (Å²) in [5.74, 6) is -0.119. The summed E-state index contributed by atoms with van der Waals surface area (Å²) < 4.78 is 10.4. The van der Waals surface area contributed by atoms with E-state index in [1.807, 2.05) is 30.3 Å². The van der Waals surface area contributed by atoms with E-state index in [9.17, 15) is 9.59 Å². The highest BCUT2D eigenvalue weighted by Crippen LogP contribution is 2.17. The molecule has 0 unspecified atom stereocenters. The molecule has 1 heterocycles. The Morgan fingerprint density at radius 3 is 2.78 bits per heavy atom. The van der Waals surface area contributed by atoms with Crippen molar-refractivity contribution >= 4 is 12.0 Å². The summed E-state index contributed by atoms with van der Waals surface area (Å²) in [6.45, 7) is 3.31. The molecule has 0 radical (unpaired) electrons. The van der Waals surface area contributed by atoms with Crippen molar-refractivity contribution in [3.63, 3.8) is 0 Å². The predicted octanol–water partition coefficient (Wildman–Crippen LogP) is 2.16. The Kier molecular flexibility index (Phi) is 6.87. The maximum atomic E-state index is 12.2. The van der Waals surface area contributed by atoms with Crippen LogP contribution in [0.3, 0.4) is 0 Å². The van der Waals surface area contributed by atoms with Gasteiger partial charge in [0, 0.05) is 13.2 Å². The number of carbonyl (C=O) groups excluding carboxylic acids is 2. The molecule has 1 aliphatic heterocycles. The summed E-state index contributed by atoms with van der Waals surface area (Å²) in [4.78, 5) is 23.9. The van der Waals surface area contributed by atoms with Crippen LogP contribution in [0, 0.1) is 0 Å². The van der Waals surface area contributed by atoms with Crippen LogP contribution in [0.5, 0.6) is 0 Å². The van der Waals surface area contributed by atoms with Gasteiger partial charge in [-0.05, 0) is 25.3 Å². The van der Waals surface area contributed by atoms with Crippen molar-refractivity contribution in [2.45, 2.75) is 38.3 Å². The molecular weight excluding hydrogens is 296 g/mol. The normalized spacial score (nSPS) is 18.2. The average molecular weight is 320 g/mol. The summed E-state index contributed by atoms with van der Waals surface area (Å²) in [7, 11) is 0. The van der Waals surface area contributed by atoms with Crippen LogP contribution in [0.1, 0.15) is 37.8 Å². The first-order valence-corrected chi connectivity index (χ1v) is 8.05. The minimum absolute atomic E-state index is 0.104. The fourth-order valence-electron chi connectivity index (χ4n) is 2.54. The second-order valence-electron chi connectivity index (χ2n) is 5.47. The van der Waals surface area contributed by atoms with Crippen LogP contribution in [0.15, 0.2) is 30.3 Å². The monoisotopic (exact) mass is 320 g/mol. The standard InChI is InChI=1S/C17H24N2O4/c1-2-22-17(21)19-15(13-7-4-3-5-8-13)11-16(20)18-12-14-9-6-10-23-14/h3-5,7-8,14-15H,2,6,9-12H2,1H3,(H,18,20)(H,19,21)/t14-,15-/m1/s1. The van der Waals surface area contributed by atoms with Gasteiger partial charge < -0.3 is 20.1 Å². The smallest absolute Gasteiger partial charge is 0.407 e. The van der Waals surface area contributed by atoms with Crippen LogP contribution in [0.2, 0.25) is 0 Å². The number of amides is 2. The fraction of sp³-hybridized carbons (Fsp3) is 0.529. The Morgan fingerprint density at radius 2 is 2.13 bits per heavy atom. The fourth-order valence-corrected chi connectivity index (χ4v) is 2.54. The summed E-state index contributed by atoms with van der Waals surface area (Å²) in [5.41, 5.74) is 0.868. The highest BCUT2D eigenvalue weighted by atomic mass is 16.5. The molecule has 1 saturated heterocycles. The van der Waals surface area contributed by atoms with E-state index in [4.69, 9.17) is 9.47 Å². The minimum atomic E-state index is -0.520. The Bertz CT molecular complexity index is 501. The van der Waals surface area contributed by atoms with Gasteiger partial charge in [-0.1, -0.05) is 30.3 Å². The average Bonchev–Trinajstić information content (AvgIpc) is 3.07. The number of benzene rings is 1. The minimum Gasteiger partial charge on any atom is -0.450 e. The quantitative estimate of drug-likeness (QED) is 0.807. The van der Waals surface area contributed by atoms with Gasteiger partial charge in [0.2, 0.25) is 5.91 Å². The van der Waals surface area contributed by atoms with Crippen LogP contribution in [-0.4, -0.2) is 37.9 Å². The van der Waals surface area contributed by atoms with E-state index in [1.165, 1.54) is 0 Å². The lowest BCUT2D eigenvalue weighted by Gasteiger charge is -2.19. The molecule has 1 aromatic rings. The zero-order valence-corrected chi connectivity index (χ0v) is 13.4. The lowest BCUT2D eigenvalue weighted by atomic mass is 10.0. The molecule has 2 amide bonds. The topological polar surface area (TPSA) is 76.7 Å². The SMILES string of the molecule is CCOC(=O)N[C@H](CC(=O)NC[C@H]1CCCO1)c1ccccc1. The highest BCUT2D eigenvalue weighted by Gasteiger charge is 2.21. The van der Waals surface area contributed by atoms with E-state index in [1.54, 1.807) is 6.92 Å². The lowest BCUT2D eigenvalue weighted by molar-refractivity contribution is -0.122. The van der Waals surface area contributed by atoms with Gasteiger partial charge in [0.05, 0.1) is 25.2 Å². The number of rotatable bonds is 7. The lowest BCUT2D eigenvalue weighted by Crippen LogP contribution is -2.36. The highest BCUT2D eigenvalue weighted by molar-refractivity contribution is 5.78. The molecule has 0 aromatic heterocycles. The van der Waals surface area contributed by atoms with Gasteiger partial charge in [-0.3, -0.25) is 4.79 Å². The third-order valence-corrected chi connectivity index (χ3v) is 3.71. The molecule has 23 heavy (non-hydrogen) atoms. The molecule has 2 atom stereocenters. The second kappa shape index (κ2) is 9.15. The molecule has 1 aliphatic rings. The van der Waals surface area contributed by atoms with Crippen LogP contribution >= 0.6 is 0 Å². The maximum absolute atomic E-state index is 12.2.